The van der Waals surface area contributed by atoms with Gasteiger partial charge in [0, 0.05) is 0 Å². The minimum absolute atomic E-state index is 0.0186. The Bertz CT molecular complexity index is 618. The Kier molecular flexibility index (Phi) is 6.16. The predicted octanol–water partition coefficient (Wildman–Crippen LogP) is 3.50. The van der Waals surface area contributed by atoms with Crippen LogP contribution in [-0.4, -0.2) is 26.6 Å². The minimum Gasteiger partial charge on any atom is -0.403 e. The standard InChI is InChI=1S/C21H28O2Si/c1-18(15-16-22)17-23-24(21(2,3)4,19-11-7-5-8-12-19)20-13-9-6-10-14-20/h5-15,22H,16-17H2,1-4H3/b18-15+. The zero-order valence-electron chi connectivity index (χ0n) is 15.1. The largest absolute Gasteiger partial charge is 0.403 e. The molecule has 0 aliphatic heterocycles. The van der Waals surface area contributed by atoms with Crippen molar-refractivity contribution in [1.29, 1.82) is 0 Å². The first kappa shape index (κ1) is 18.7. The van der Waals surface area contributed by atoms with Crippen LogP contribution in [0.3, 0.4) is 0 Å². The molecule has 0 heterocycles. The minimum atomic E-state index is -2.46. The number of benzene rings is 2. The predicted molar refractivity (Wildman–Crippen MR) is 104 cm³/mol. The lowest BCUT2D eigenvalue weighted by Gasteiger charge is -2.43. The molecule has 24 heavy (non-hydrogen) atoms. The van der Waals surface area contributed by atoms with Crippen molar-refractivity contribution in [3.05, 3.63) is 72.3 Å². The van der Waals surface area contributed by atoms with Gasteiger partial charge in [0.1, 0.15) is 0 Å². The van der Waals surface area contributed by atoms with Crippen molar-refractivity contribution in [3.8, 4) is 0 Å². The Labute approximate surface area is 146 Å². The van der Waals surface area contributed by atoms with Gasteiger partial charge in [0.2, 0.25) is 0 Å². The van der Waals surface area contributed by atoms with E-state index in [0.29, 0.717) is 6.61 Å². The van der Waals surface area contributed by atoms with Crippen LogP contribution in [0.1, 0.15) is 27.7 Å². The Balaban J connectivity index is 2.59. The van der Waals surface area contributed by atoms with E-state index in [1.165, 1.54) is 10.4 Å². The molecule has 0 unspecified atom stereocenters. The smallest absolute Gasteiger partial charge is 0.261 e. The molecule has 0 aliphatic carbocycles. The highest BCUT2D eigenvalue weighted by molar-refractivity contribution is 6.99. The van der Waals surface area contributed by atoms with Crippen LogP contribution in [0.4, 0.5) is 0 Å². The first-order valence-electron chi connectivity index (χ1n) is 8.43. The Morgan fingerprint density at radius 2 is 1.42 bits per heavy atom. The summed E-state index contributed by atoms with van der Waals surface area (Å²) in [5, 5.41) is 11.7. The summed E-state index contributed by atoms with van der Waals surface area (Å²) in [6.07, 6.45) is 1.82. The highest BCUT2D eigenvalue weighted by Crippen LogP contribution is 2.36. The molecule has 0 amide bonds. The highest BCUT2D eigenvalue weighted by atomic mass is 28.4. The second kappa shape index (κ2) is 7.93. The Morgan fingerprint density at radius 3 is 1.79 bits per heavy atom. The molecule has 0 aliphatic rings. The summed E-state index contributed by atoms with van der Waals surface area (Å²) in [5.74, 6) is 0. The average molecular weight is 341 g/mol. The molecule has 0 radical (unpaired) electrons. The third-order valence-electron chi connectivity index (χ3n) is 4.37. The molecule has 2 rings (SSSR count). The van der Waals surface area contributed by atoms with Gasteiger partial charge in [0.15, 0.2) is 0 Å². The number of rotatable bonds is 6. The number of hydrogen-bond acceptors (Lipinski definition) is 2. The zero-order valence-corrected chi connectivity index (χ0v) is 16.1. The van der Waals surface area contributed by atoms with Gasteiger partial charge >= 0.3 is 0 Å². The molecule has 1 N–H and O–H groups in total. The summed E-state index contributed by atoms with van der Waals surface area (Å²) in [4.78, 5) is 0. The normalized spacial score (nSPS) is 13.1. The van der Waals surface area contributed by atoms with E-state index in [2.05, 4.69) is 69.3 Å². The van der Waals surface area contributed by atoms with Crippen LogP contribution >= 0.6 is 0 Å². The van der Waals surface area contributed by atoms with Crippen LogP contribution in [0.25, 0.3) is 0 Å². The summed E-state index contributed by atoms with van der Waals surface area (Å²) in [5.41, 5.74) is 1.06. The van der Waals surface area contributed by atoms with E-state index in [4.69, 9.17) is 9.53 Å². The fraction of sp³-hybridized carbons (Fsp3) is 0.333. The van der Waals surface area contributed by atoms with E-state index in [1.54, 1.807) is 0 Å². The molecular formula is C21H28O2Si. The molecular weight excluding hydrogens is 312 g/mol. The number of aliphatic hydroxyl groups is 1. The maximum atomic E-state index is 9.14. The fourth-order valence-electron chi connectivity index (χ4n) is 3.20. The Hall–Kier alpha value is -1.68. The SMILES string of the molecule is C/C(=C\CO)CO[Si](c1ccccc1)(c1ccccc1)C(C)(C)C. The van der Waals surface area contributed by atoms with Crippen molar-refractivity contribution in [2.45, 2.75) is 32.7 Å². The second-order valence-corrected chi connectivity index (χ2v) is 11.5. The summed E-state index contributed by atoms with van der Waals surface area (Å²) < 4.78 is 6.74. The van der Waals surface area contributed by atoms with Gasteiger partial charge in [-0.05, 0) is 22.3 Å². The molecule has 0 spiro atoms. The third-order valence-corrected chi connectivity index (χ3v) is 9.36. The van der Waals surface area contributed by atoms with Crippen molar-refractivity contribution in [1.82, 2.24) is 0 Å². The average Bonchev–Trinajstić information content (AvgIpc) is 2.56. The topological polar surface area (TPSA) is 29.5 Å². The molecule has 0 atom stereocenters. The van der Waals surface area contributed by atoms with Crippen molar-refractivity contribution in [2.24, 2.45) is 0 Å². The van der Waals surface area contributed by atoms with E-state index in [9.17, 15) is 0 Å². The van der Waals surface area contributed by atoms with Gasteiger partial charge in [0.05, 0.1) is 13.2 Å². The van der Waals surface area contributed by atoms with Crippen LogP contribution in [-0.2, 0) is 4.43 Å². The van der Waals surface area contributed by atoms with Crippen LogP contribution in [0.5, 0.6) is 0 Å². The van der Waals surface area contributed by atoms with Crippen LogP contribution in [0.2, 0.25) is 5.04 Å². The molecule has 128 valence electrons. The van der Waals surface area contributed by atoms with Gasteiger partial charge in [0.25, 0.3) is 8.32 Å². The van der Waals surface area contributed by atoms with Crippen LogP contribution in [0, 0.1) is 0 Å². The lowest BCUT2D eigenvalue weighted by Crippen LogP contribution is -2.66. The molecule has 0 aromatic heterocycles. The molecule has 0 fully saturated rings. The van der Waals surface area contributed by atoms with Crippen molar-refractivity contribution >= 4 is 18.7 Å². The molecule has 2 nitrogen and oxygen atoms in total. The Morgan fingerprint density at radius 1 is 0.958 bits per heavy atom. The molecule has 2 aromatic carbocycles. The molecule has 0 saturated heterocycles. The molecule has 0 bridgehead atoms. The molecule has 0 saturated carbocycles. The second-order valence-electron chi connectivity index (χ2n) is 7.18. The van der Waals surface area contributed by atoms with Crippen molar-refractivity contribution < 1.29 is 9.53 Å². The van der Waals surface area contributed by atoms with Gasteiger partial charge in [-0.3, -0.25) is 0 Å². The summed E-state index contributed by atoms with van der Waals surface area (Å²) in [6.45, 7) is 9.40. The quantitative estimate of drug-likeness (QED) is 0.644. The third kappa shape index (κ3) is 3.86. The zero-order chi connectivity index (χ0) is 17.6. The van der Waals surface area contributed by atoms with Crippen LogP contribution < -0.4 is 10.4 Å². The lowest BCUT2D eigenvalue weighted by molar-refractivity contribution is 0.320. The maximum absolute atomic E-state index is 9.14. The van der Waals surface area contributed by atoms with Gasteiger partial charge in [-0.15, -0.1) is 0 Å². The van der Waals surface area contributed by atoms with Gasteiger partial charge in [-0.1, -0.05) is 93.1 Å². The molecule has 3 heteroatoms. The van der Waals surface area contributed by atoms with E-state index < -0.39 is 8.32 Å². The van der Waals surface area contributed by atoms with E-state index in [-0.39, 0.29) is 11.6 Å². The number of hydrogen-bond donors (Lipinski definition) is 1. The highest BCUT2D eigenvalue weighted by Gasteiger charge is 2.50. The monoisotopic (exact) mass is 340 g/mol. The van der Waals surface area contributed by atoms with Crippen molar-refractivity contribution in [3.63, 3.8) is 0 Å². The van der Waals surface area contributed by atoms with E-state index >= 15 is 0 Å². The summed E-state index contributed by atoms with van der Waals surface area (Å²) in [6, 6.07) is 21.2. The first-order chi connectivity index (χ1) is 11.4. The summed E-state index contributed by atoms with van der Waals surface area (Å²) >= 11 is 0. The van der Waals surface area contributed by atoms with Gasteiger partial charge in [-0.2, -0.15) is 0 Å². The van der Waals surface area contributed by atoms with Gasteiger partial charge in [-0.25, -0.2) is 0 Å². The lowest BCUT2D eigenvalue weighted by atomic mass is 10.2. The molecule has 2 aromatic rings. The first-order valence-corrected chi connectivity index (χ1v) is 10.3. The maximum Gasteiger partial charge on any atom is 0.261 e. The van der Waals surface area contributed by atoms with E-state index in [0.717, 1.165) is 5.57 Å². The van der Waals surface area contributed by atoms with E-state index in [1.807, 2.05) is 25.1 Å². The number of aliphatic hydroxyl groups excluding tert-OH is 1. The van der Waals surface area contributed by atoms with Crippen molar-refractivity contribution in [2.75, 3.05) is 13.2 Å². The van der Waals surface area contributed by atoms with Crippen LogP contribution in [0.15, 0.2) is 72.3 Å². The fourth-order valence-corrected chi connectivity index (χ4v) is 7.80. The summed E-state index contributed by atoms with van der Waals surface area (Å²) in [7, 11) is -2.46. The van der Waals surface area contributed by atoms with Gasteiger partial charge < -0.3 is 9.53 Å².